The summed E-state index contributed by atoms with van der Waals surface area (Å²) in [4.78, 5) is 43.8. The van der Waals surface area contributed by atoms with Gasteiger partial charge in [0, 0.05) is 26.5 Å². The van der Waals surface area contributed by atoms with Gasteiger partial charge in [-0.15, -0.1) is 23.1 Å². The number of anilines is 2. The van der Waals surface area contributed by atoms with Crippen LogP contribution in [-0.2, 0) is 9.59 Å². The molecule has 39 heavy (non-hydrogen) atoms. The van der Waals surface area contributed by atoms with Gasteiger partial charge in [0.2, 0.25) is 5.91 Å². The second-order valence-electron chi connectivity index (χ2n) is 8.46. The minimum Gasteiger partial charge on any atom is -0.321 e. The monoisotopic (exact) mass is 576 g/mol. The van der Waals surface area contributed by atoms with E-state index in [1.165, 1.54) is 23.1 Å². The van der Waals surface area contributed by atoms with Crippen LogP contribution in [0.2, 0.25) is 5.02 Å². The molecule has 0 aliphatic carbocycles. The van der Waals surface area contributed by atoms with E-state index in [1.807, 2.05) is 24.4 Å². The Bertz CT molecular complexity index is 1520. The number of halogens is 1. The molecule has 0 spiro atoms. The molecular formula is C29H25ClN4O3S2. The maximum absolute atomic E-state index is 13.3. The molecule has 0 saturated carbocycles. The molecule has 0 bridgehead atoms. The minimum absolute atomic E-state index is 0.0515. The maximum Gasteiger partial charge on any atom is 0.272 e. The Hall–Kier alpha value is -3.92. The molecule has 1 unspecified atom stereocenters. The van der Waals surface area contributed by atoms with E-state index < -0.39 is 17.1 Å². The number of hydrogen-bond acceptors (Lipinski definition) is 6. The molecule has 0 aliphatic heterocycles. The van der Waals surface area contributed by atoms with E-state index in [2.05, 4.69) is 20.9 Å². The normalized spacial score (nSPS) is 11.9. The zero-order chi connectivity index (χ0) is 27.8. The third-order valence-electron chi connectivity index (χ3n) is 5.31. The maximum atomic E-state index is 13.3. The summed E-state index contributed by atoms with van der Waals surface area (Å²) in [7, 11) is 0. The summed E-state index contributed by atoms with van der Waals surface area (Å²) in [5, 5.41) is 10.9. The van der Waals surface area contributed by atoms with E-state index in [-0.39, 0.29) is 11.6 Å². The van der Waals surface area contributed by atoms with Crippen LogP contribution in [0.1, 0.15) is 28.5 Å². The number of aromatic nitrogens is 1. The van der Waals surface area contributed by atoms with Crippen molar-refractivity contribution >= 4 is 69.3 Å². The van der Waals surface area contributed by atoms with Crippen LogP contribution < -0.4 is 16.0 Å². The number of hydrogen-bond donors (Lipinski definition) is 3. The first-order chi connectivity index (χ1) is 18.8. The summed E-state index contributed by atoms with van der Waals surface area (Å²) in [6.07, 6.45) is 1.56. The number of nitrogens with one attached hydrogen (secondary N) is 3. The van der Waals surface area contributed by atoms with Gasteiger partial charge in [-0.1, -0.05) is 48.0 Å². The van der Waals surface area contributed by atoms with Crippen LogP contribution in [0.3, 0.4) is 0 Å². The molecule has 1 heterocycles. The summed E-state index contributed by atoms with van der Waals surface area (Å²) in [5.41, 5.74) is 2.49. The average Bonchev–Trinajstić information content (AvgIpc) is 3.33. The number of aryl methyl sites for hydroxylation is 1. The zero-order valence-electron chi connectivity index (χ0n) is 21.1. The summed E-state index contributed by atoms with van der Waals surface area (Å²) in [6.45, 7) is 3.67. The van der Waals surface area contributed by atoms with Gasteiger partial charge >= 0.3 is 0 Å². The number of thiazole rings is 1. The molecule has 3 N–H and O–H groups in total. The van der Waals surface area contributed by atoms with Gasteiger partial charge < -0.3 is 16.0 Å². The molecule has 198 valence electrons. The summed E-state index contributed by atoms with van der Waals surface area (Å²) in [5.74, 6) is -1.09. The fourth-order valence-electron chi connectivity index (χ4n) is 3.43. The molecule has 4 rings (SSSR count). The van der Waals surface area contributed by atoms with Crippen LogP contribution in [0.15, 0.2) is 94.8 Å². The topological polar surface area (TPSA) is 100 Å². The zero-order valence-corrected chi connectivity index (χ0v) is 23.5. The van der Waals surface area contributed by atoms with Crippen molar-refractivity contribution in [3.8, 4) is 0 Å². The molecule has 4 aromatic rings. The first-order valence-corrected chi connectivity index (χ1v) is 14.1. The summed E-state index contributed by atoms with van der Waals surface area (Å²) in [6, 6.07) is 22.8. The van der Waals surface area contributed by atoms with E-state index >= 15 is 0 Å². The summed E-state index contributed by atoms with van der Waals surface area (Å²) < 4.78 is 0. The molecule has 7 nitrogen and oxygen atoms in total. The quantitative estimate of drug-likeness (QED) is 0.153. The van der Waals surface area contributed by atoms with E-state index in [9.17, 15) is 14.4 Å². The van der Waals surface area contributed by atoms with Crippen LogP contribution in [0.4, 0.5) is 10.8 Å². The van der Waals surface area contributed by atoms with Crippen molar-refractivity contribution in [1.29, 1.82) is 0 Å². The second kappa shape index (κ2) is 13.2. The standard InChI is InChI=1S/C29H25ClN4O3S2/c1-18-17-38-29(31-18)34-26(35)19(2)39-24-13-7-12-23(16-24)32-28(37)25(15-20-8-6-11-22(30)14-20)33-27(36)21-9-4-3-5-10-21/h3-17,19H,1-2H3,(H,32,37)(H,33,36)(H,31,34,35)/b25-15-. The van der Waals surface area contributed by atoms with Gasteiger partial charge in [-0.05, 0) is 68.0 Å². The molecule has 0 aliphatic rings. The fraction of sp³-hybridized carbons (Fsp3) is 0.103. The van der Waals surface area contributed by atoms with E-state index in [1.54, 1.807) is 79.7 Å². The van der Waals surface area contributed by atoms with E-state index in [0.29, 0.717) is 27.0 Å². The van der Waals surface area contributed by atoms with E-state index in [4.69, 9.17) is 11.6 Å². The van der Waals surface area contributed by atoms with Crippen molar-refractivity contribution in [3.63, 3.8) is 0 Å². The van der Waals surface area contributed by atoms with Crippen molar-refractivity contribution in [2.24, 2.45) is 0 Å². The van der Waals surface area contributed by atoms with Gasteiger partial charge in [0.15, 0.2) is 5.13 Å². The first-order valence-electron chi connectivity index (χ1n) is 11.9. The highest BCUT2D eigenvalue weighted by molar-refractivity contribution is 8.00. The van der Waals surface area contributed by atoms with Gasteiger partial charge in [0.25, 0.3) is 11.8 Å². The largest absolute Gasteiger partial charge is 0.321 e. The van der Waals surface area contributed by atoms with Crippen LogP contribution in [0, 0.1) is 6.92 Å². The second-order valence-corrected chi connectivity index (χ2v) is 11.2. The number of amides is 3. The van der Waals surface area contributed by atoms with Gasteiger partial charge in [0.05, 0.1) is 10.9 Å². The number of thioether (sulfide) groups is 1. The van der Waals surface area contributed by atoms with Crippen molar-refractivity contribution in [2.75, 3.05) is 10.6 Å². The van der Waals surface area contributed by atoms with Crippen molar-refractivity contribution in [1.82, 2.24) is 10.3 Å². The van der Waals surface area contributed by atoms with Crippen molar-refractivity contribution < 1.29 is 14.4 Å². The third kappa shape index (κ3) is 8.28. The smallest absolute Gasteiger partial charge is 0.272 e. The highest BCUT2D eigenvalue weighted by Crippen LogP contribution is 2.27. The predicted octanol–water partition coefficient (Wildman–Crippen LogP) is 6.63. The molecule has 10 heteroatoms. The molecule has 0 radical (unpaired) electrons. The molecule has 1 aromatic heterocycles. The number of carbonyl (C=O) groups excluding carboxylic acids is 3. The Morgan fingerprint density at radius 1 is 0.974 bits per heavy atom. The fourth-order valence-corrected chi connectivity index (χ4v) is 5.24. The Balaban J connectivity index is 1.48. The third-order valence-corrected chi connectivity index (χ3v) is 7.52. The SMILES string of the molecule is Cc1csc(NC(=O)C(C)Sc2cccc(NC(=O)/C(=C/c3cccc(Cl)c3)NC(=O)c3ccccc3)c2)n1. The van der Waals surface area contributed by atoms with Crippen LogP contribution >= 0.6 is 34.7 Å². The minimum atomic E-state index is -0.508. The lowest BCUT2D eigenvalue weighted by Gasteiger charge is -2.13. The van der Waals surface area contributed by atoms with Gasteiger partial charge in [-0.25, -0.2) is 4.98 Å². The Morgan fingerprint density at radius 2 is 1.74 bits per heavy atom. The van der Waals surface area contributed by atoms with Gasteiger partial charge in [0.1, 0.15) is 5.70 Å². The average molecular weight is 577 g/mol. The van der Waals surface area contributed by atoms with Crippen LogP contribution in [0.5, 0.6) is 0 Å². The Kier molecular flexibility index (Phi) is 9.54. The van der Waals surface area contributed by atoms with Crippen LogP contribution in [0.25, 0.3) is 6.08 Å². The molecule has 3 amide bonds. The number of rotatable bonds is 9. The lowest BCUT2D eigenvalue weighted by Crippen LogP contribution is -2.30. The van der Waals surface area contributed by atoms with Crippen molar-refractivity contribution in [3.05, 3.63) is 112 Å². The highest BCUT2D eigenvalue weighted by atomic mass is 35.5. The molecule has 1 atom stereocenters. The highest BCUT2D eigenvalue weighted by Gasteiger charge is 2.18. The van der Waals surface area contributed by atoms with Crippen LogP contribution in [-0.4, -0.2) is 28.0 Å². The lowest BCUT2D eigenvalue weighted by atomic mass is 10.1. The predicted molar refractivity (Wildman–Crippen MR) is 159 cm³/mol. The van der Waals surface area contributed by atoms with Gasteiger partial charge in [-0.3, -0.25) is 14.4 Å². The van der Waals surface area contributed by atoms with E-state index in [0.717, 1.165) is 10.6 Å². The Labute approximate surface area is 239 Å². The van der Waals surface area contributed by atoms with Crippen molar-refractivity contribution in [2.45, 2.75) is 24.0 Å². The molecule has 0 fully saturated rings. The number of benzene rings is 3. The Morgan fingerprint density at radius 3 is 2.46 bits per heavy atom. The lowest BCUT2D eigenvalue weighted by molar-refractivity contribution is -0.115. The summed E-state index contributed by atoms with van der Waals surface area (Å²) >= 11 is 8.84. The van der Waals surface area contributed by atoms with Gasteiger partial charge in [-0.2, -0.15) is 0 Å². The molecule has 3 aromatic carbocycles. The number of carbonyl (C=O) groups is 3. The molecular weight excluding hydrogens is 552 g/mol. The first kappa shape index (κ1) is 28.1. The molecule has 0 saturated heterocycles. The number of nitrogens with zero attached hydrogens (tertiary/aromatic N) is 1.